The Hall–Kier alpha value is -1.17. The summed E-state index contributed by atoms with van der Waals surface area (Å²) in [4.78, 5) is 14.6. The fraction of sp³-hybridized carbons (Fsp3) is 0.400. The molecule has 0 spiro atoms. The van der Waals surface area contributed by atoms with Crippen LogP contribution in [0.4, 0.5) is 8.78 Å². The number of carbonyl (C=O) groups excluding carboxylic acids is 1. The minimum absolute atomic E-state index is 0.221. The molecule has 1 N–H and O–H groups in total. The zero-order chi connectivity index (χ0) is 12.1. The lowest BCUT2D eigenvalue weighted by atomic mass is 10.2. The van der Waals surface area contributed by atoms with Crippen molar-refractivity contribution in [3.05, 3.63) is 29.6 Å². The van der Waals surface area contributed by atoms with Crippen LogP contribution in [0.5, 0.6) is 0 Å². The van der Waals surface area contributed by atoms with Crippen LogP contribution < -0.4 is 5.32 Å². The quantitative estimate of drug-likeness (QED) is 0.824. The highest BCUT2D eigenvalue weighted by molar-refractivity contribution is 7.99. The molecule has 3 nitrogen and oxygen atoms in total. The molecule has 1 amide bonds. The second kappa shape index (κ2) is 5.79. The van der Waals surface area contributed by atoms with Crippen LogP contribution in [0.3, 0.4) is 0 Å². The van der Waals surface area contributed by atoms with Crippen molar-refractivity contribution in [1.82, 2.24) is 10.3 Å². The largest absolute Gasteiger partial charge is 0.351 e. The van der Waals surface area contributed by atoms with Crippen molar-refractivity contribution in [2.24, 2.45) is 0 Å². The number of rotatable bonds is 4. The topological polar surface area (TPSA) is 42.0 Å². The van der Waals surface area contributed by atoms with Gasteiger partial charge in [-0.3, -0.25) is 4.79 Å². The molecule has 0 aliphatic carbocycles. The molecule has 16 heavy (non-hydrogen) atoms. The second-order valence-electron chi connectivity index (χ2n) is 3.22. The predicted molar refractivity (Wildman–Crippen MR) is 59.5 cm³/mol. The first-order chi connectivity index (χ1) is 7.56. The van der Waals surface area contributed by atoms with Crippen LogP contribution in [-0.2, 0) is 0 Å². The number of halogens is 2. The number of amides is 1. The lowest BCUT2D eigenvalue weighted by Gasteiger charge is -2.10. The molecule has 0 fully saturated rings. The van der Waals surface area contributed by atoms with Crippen molar-refractivity contribution >= 4 is 17.7 Å². The first-order valence-corrected chi connectivity index (χ1v) is 5.96. The Labute approximate surface area is 96.6 Å². The smallest absolute Gasteiger partial charge is 0.254 e. The molecule has 1 heterocycles. The van der Waals surface area contributed by atoms with E-state index in [0.29, 0.717) is 6.54 Å². The van der Waals surface area contributed by atoms with Gasteiger partial charge in [0.15, 0.2) is 5.82 Å². The molecule has 1 aromatic heterocycles. The maximum absolute atomic E-state index is 13.2. The third-order valence-electron chi connectivity index (χ3n) is 2.04. The van der Waals surface area contributed by atoms with Gasteiger partial charge in [-0.2, -0.15) is 16.2 Å². The van der Waals surface area contributed by atoms with Gasteiger partial charge < -0.3 is 5.32 Å². The lowest BCUT2D eigenvalue weighted by Crippen LogP contribution is -2.30. The van der Waals surface area contributed by atoms with Crippen molar-refractivity contribution in [3.8, 4) is 0 Å². The molecule has 0 aliphatic heterocycles. The average Bonchev–Trinajstić information content (AvgIpc) is 2.29. The van der Waals surface area contributed by atoms with Crippen molar-refractivity contribution < 1.29 is 13.6 Å². The third-order valence-corrected chi connectivity index (χ3v) is 3.02. The van der Waals surface area contributed by atoms with Gasteiger partial charge in [0.2, 0.25) is 5.95 Å². The van der Waals surface area contributed by atoms with E-state index in [4.69, 9.17) is 0 Å². The Bertz CT molecular complexity index is 387. The summed E-state index contributed by atoms with van der Waals surface area (Å²) >= 11 is 1.57. The summed E-state index contributed by atoms with van der Waals surface area (Å²) in [5.74, 6) is -3.10. The van der Waals surface area contributed by atoms with Gasteiger partial charge in [0.25, 0.3) is 5.91 Å². The van der Waals surface area contributed by atoms with E-state index in [0.717, 1.165) is 12.3 Å². The fourth-order valence-corrected chi connectivity index (χ4v) is 1.26. The Morgan fingerprint density at radius 1 is 1.62 bits per heavy atom. The minimum atomic E-state index is -1.26. The summed E-state index contributed by atoms with van der Waals surface area (Å²) in [6.45, 7) is 2.33. The summed E-state index contributed by atoms with van der Waals surface area (Å²) in [5.41, 5.74) is -0.319. The Morgan fingerprint density at radius 2 is 2.31 bits per heavy atom. The van der Waals surface area contributed by atoms with E-state index >= 15 is 0 Å². The highest BCUT2D eigenvalue weighted by atomic mass is 32.2. The van der Waals surface area contributed by atoms with E-state index in [2.05, 4.69) is 10.3 Å². The summed E-state index contributed by atoms with van der Waals surface area (Å²) in [6.07, 6.45) is 2.97. The Kier molecular flexibility index (Phi) is 4.67. The van der Waals surface area contributed by atoms with Gasteiger partial charge >= 0.3 is 0 Å². The zero-order valence-electron chi connectivity index (χ0n) is 8.96. The van der Waals surface area contributed by atoms with Crippen LogP contribution in [0.25, 0.3) is 0 Å². The van der Waals surface area contributed by atoms with Gasteiger partial charge in [0.05, 0.1) is 5.56 Å². The molecule has 0 radical (unpaired) electrons. The zero-order valence-corrected chi connectivity index (χ0v) is 9.78. The highest BCUT2D eigenvalue weighted by Gasteiger charge is 2.16. The number of pyridine rings is 1. The van der Waals surface area contributed by atoms with Crippen molar-refractivity contribution in [2.45, 2.75) is 12.2 Å². The number of hydrogen-bond donors (Lipinski definition) is 1. The predicted octanol–water partition coefficient (Wildman–Crippen LogP) is 1.84. The molecular formula is C10H12F2N2OS. The monoisotopic (exact) mass is 246 g/mol. The second-order valence-corrected chi connectivity index (χ2v) is 4.50. The van der Waals surface area contributed by atoms with Crippen LogP contribution >= 0.6 is 11.8 Å². The van der Waals surface area contributed by atoms with Crippen LogP contribution in [0, 0.1) is 11.8 Å². The standard InChI is InChI=1S/C10H12F2N2OS/c1-6(16-2)5-14-10(15)7-3-4-13-9(12)8(7)11/h3-4,6H,5H2,1-2H3,(H,14,15). The van der Waals surface area contributed by atoms with Crippen LogP contribution in [0.1, 0.15) is 17.3 Å². The molecule has 88 valence electrons. The molecule has 1 rings (SSSR count). The normalized spacial score (nSPS) is 12.2. The van der Waals surface area contributed by atoms with Gasteiger partial charge in [0, 0.05) is 18.0 Å². The van der Waals surface area contributed by atoms with Crippen LogP contribution in [0.15, 0.2) is 12.3 Å². The van der Waals surface area contributed by atoms with Gasteiger partial charge in [-0.15, -0.1) is 0 Å². The fourth-order valence-electron chi connectivity index (χ4n) is 1.01. The van der Waals surface area contributed by atoms with Crippen molar-refractivity contribution in [3.63, 3.8) is 0 Å². The van der Waals surface area contributed by atoms with Crippen LogP contribution in [0.2, 0.25) is 0 Å². The van der Waals surface area contributed by atoms with E-state index in [9.17, 15) is 13.6 Å². The van der Waals surface area contributed by atoms with Gasteiger partial charge in [-0.25, -0.2) is 9.37 Å². The number of carbonyl (C=O) groups is 1. The molecule has 1 aromatic rings. The highest BCUT2D eigenvalue weighted by Crippen LogP contribution is 2.09. The van der Waals surface area contributed by atoms with Gasteiger partial charge in [-0.1, -0.05) is 6.92 Å². The molecule has 1 unspecified atom stereocenters. The molecule has 0 bridgehead atoms. The minimum Gasteiger partial charge on any atom is -0.351 e. The Morgan fingerprint density at radius 3 is 2.94 bits per heavy atom. The summed E-state index contributed by atoms with van der Waals surface area (Å²) < 4.78 is 25.9. The van der Waals surface area contributed by atoms with E-state index in [1.807, 2.05) is 13.2 Å². The molecule has 0 aliphatic rings. The molecular weight excluding hydrogens is 234 g/mol. The van der Waals surface area contributed by atoms with Gasteiger partial charge in [0.1, 0.15) is 0 Å². The molecule has 0 aromatic carbocycles. The number of nitrogens with zero attached hydrogens (tertiary/aromatic N) is 1. The van der Waals surface area contributed by atoms with E-state index < -0.39 is 17.7 Å². The molecule has 1 atom stereocenters. The van der Waals surface area contributed by atoms with E-state index in [1.165, 1.54) is 0 Å². The lowest BCUT2D eigenvalue weighted by molar-refractivity contribution is 0.0948. The maximum Gasteiger partial charge on any atom is 0.254 e. The van der Waals surface area contributed by atoms with Gasteiger partial charge in [-0.05, 0) is 12.3 Å². The van der Waals surface area contributed by atoms with E-state index in [1.54, 1.807) is 11.8 Å². The summed E-state index contributed by atoms with van der Waals surface area (Å²) in [5, 5.41) is 2.74. The number of nitrogens with one attached hydrogen (secondary N) is 1. The van der Waals surface area contributed by atoms with Crippen molar-refractivity contribution in [1.29, 1.82) is 0 Å². The van der Waals surface area contributed by atoms with Crippen molar-refractivity contribution in [2.75, 3.05) is 12.8 Å². The maximum atomic E-state index is 13.2. The summed E-state index contributed by atoms with van der Waals surface area (Å²) in [6, 6.07) is 1.15. The Balaban J connectivity index is 2.70. The summed E-state index contributed by atoms with van der Waals surface area (Å²) in [7, 11) is 0. The first kappa shape index (κ1) is 12.9. The molecule has 0 saturated carbocycles. The first-order valence-electron chi connectivity index (χ1n) is 4.67. The SMILES string of the molecule is CSC(C)CNC(=O)c1ccnc(F)c1F. The number of thioether (sulfide) groups is 1. The van der Waals surface area contributed by atoms with Crippen LogP contribution in [-0.4, -0.2) is 28.9 Å². The average molecular weight is 246 g/mol. The number of hydrogen-bond acceptors (Lipinski definition) is 3. The molecule has 0 saturated heterocycles. The number of aromatic nitrogens is 1. The third kappa shape index (κ3) is 3.16. The molecule has 6 heteroatoms. The van der Waals surface area contributed by atoms with E-state index in [-0.39, 0.29) is 10.8 Å².